The lowest BCUT2D eigenvalue weighted by atomic mass is 10.1. The molecule has 0 atom stereocenters. The molecule has 156 valence electrons. The molecule has 4 aromatic rings. The normalized spacial score (nSPS) is 10.6. The standard InChI is InChI=1S/C24H22N4O3/c1-17-25-12-13-28(17)16-18-8-10-19(11-9-18)23(29)27-22-7-3-2-6-21(22)24(30)26-15-20-5-4-14-31-20/h2-14H,15-16H2,1H3,(H,26,30)(H,27,29). The largest absolute Gasteiger partial charge is 0.467 e. The Kier molecular flexibility index (Phi) is 5.93. The Balaban J connectivity index is 1.42. The number of imidazole rings is 1. The van der Waals surface area contributed by atoms with Crippen LogP contribution in [0.15, 0.2) is 83.7 Å². The number of hydrogen-bond donors (Lipinski definition) is 2. The molecule has 0 saturated carbocycles. The van der Waals surface area contributed by atoms with Crippen molar-refractivity contribution in [2.45, 2.75) is 20.0 Å². The van der Waals surface area contributed by atoms with E-state index in [2.05, 4.69) is 15.6 Å². The fourth-order valence-electron chi connectivity index (χ4n) is 3.19. The van der Waals surface area contributed by atoms with Gasteiger partial charge in [0.05, 0.1) is 24.1 Å². The number of nitrogens with one attached hydrogen (secondary N) is 2. The third-order valence-electron chi connectivity index (χ3n) is 4.92. The third-order valence-corrected chi connectivity index (χ3v) is 4.92. The van der Waals surface area contributed by atoms with Crippen LogP contribution in [0.1, 0.15) is 37.9 Å². The molecule has 2 heterocycles. The molecule has 31 heavy (non-hydrogen) atoms. The highest BCUT2D eigenvalue weighted by Gasteiger charge is 2.14. The average Bonchev–Trinajstić information content (AvgIpc) is 3.45. The van der Waals surface area contributed by atoms with E-state index in [-0.39, 0.29) is 18.4 Å². The first-order valence-corrected chi connectivity index (χ1v) is 9.88. The summed E-state index contributed by atoms with van der Waals surface area (Å²) in [7, 11) is 0. The molecular formula is C24H22N4O3. The average molecular weight is 414 g/mol. The molecule has 0 aliphatic rings. The van der Waals surface area contributed by atoms with Crippen LogP contribution in [0, 0.1) is 6.92 Å². The van der Waals surface area contributed by atoms with E-state index >= 15 is 0 Å². The first-order valence-electron chi connectivity index (χ1n) is 9.88. The molecule has 0 bridgehead atoms. The van der Waals surface area contributed by atoms with Crippen LogP contribution in [-0.4, -0.2) is 21.4 Å². The van der Waals surface area contributed by atoms with Crippen LogP contribution < -0.4 is 10.6 Å². The molecule has 0 spiro atoms. The van der Waals surface area contributed by atoms with Crippen LogP contribution >= 0.6 is 0 Å². The maximum absolute atomic E-state index is 12.7. The Labute approximate surface area is 179 Å². The van der Waals surface area contributed by atoms with Crippen LogP contribution in [0.25, 0.3) is 0 Å². The van der Waals surface area contributed by atoms with Crippen molar-refractivity contribution in [2.75, 3.05) is 5.32 Å². The summed E-state index contributed by atoms with van der Waals surface area (Å²) in [4.78, 5) is 29.6. The Morgan fingerprint density at radius 1 is 1.00 bits per heavy atom. The van der Waals surface area contributed by atoms with Crippen molar-refractivity contribution in [1.29, 1.82) is 0 Å². The number of aryl methyl sites for hydroxylation is 1. The molecule has 2 aromatic carbocycles. The van der Waals surface area contributed by atoms with E-state index in [1.54, 1.807) is 61.0 Å². The molecular weight excluding hydrogens is 392 g/mol. The van der Waals surface area contributed by atoms with Gasteiger partial charge in [0.1, 0.15) is 11.6 Å². The van der Waals surface area contributed by atoms with Gasteiger partial charge in [0.2, 0.25) is 0 Å². The molecule has 7 heteroatoms. The van der Waals surface area contributed by atoms with Crippen LogP contribution in [0.5, 0.6) is 0 Å². The molecule has 0 aliphatic carbocycles. The summed E-state index contributed by atoms with van der Waals surface area (Å²) in [6.45, 7) is 2.91. The molecule has 0 unspecified atom stereocenters. The van der Waals surface area contributed by atoms with Crippen LogP contribution in [-0.2, 0) is 13.1 Å². The highest BCUT2D eigenvalue weighted by molar-refractivity contribution is 6.09. The van der Waals surface area contributed by atoms with Crippen LogP contribution in [0.4, 0.5) is 5.69 Å². The molecule has 2 N–H and O–H groups in total. The number of carbonyl (C=O) groups is 2. The van der Waals surface area contributed by atoms with Gasteiger partial charge in [-0.15, -0.1) is 0 Å². The summed E-state index contributed by atoms with van der Waals surface area (Å²) >= 11 is 0. The first-order chi connectivity index (χ1) is 15.1. The molecule has 0 saturated heterocycles. The van der Waals surface area contributed by atoms with Crippen molar-refractivity contribution >= 4 is 17.5 Å². The van der Waals surface area contributed by atoms with E-state index in [9.17, 15) is 9.59 Å². The van der Waals surface area contributed by atoms with Gasteiger partial charge >= 0.3 is 0 Å². The predicted octanol–water partition coefficient (Wildman–Crippen LogP) is 4.02. The maximum atomic E-state index is 12.7. The molecule has 7 nitrogen and oxygen atoms in total. The lowest BCUT2D eigenvalue weighted by molar-refractivity contribution is 0.0949. The summed E-state index contributed by atoms with van der Waals surface area (Å²) in [5.74, 6) is 1.01. The minimum Gasteiger partial charge on any atom is -0.467 e. The zero-order valence-corrected chi connectivity index (χ0v) is 17.0. The smallest absolute Gasteiger partial charge is 0.255 e. The highest BCUT2D eigenvalue weighted by Crippen LogP contribution is 2.17. The second kappa shape index (κ2) is 9.13. The maximum Gasteiger partial charge on any atom is 0.255 e. The van der Waals surface area contributed by atoms with E-state index in [0.717, 1.165) is 11.4 Å². The van der Waals surface area contributed by atoms with E-state index in [1.807, 2.05) is 29.8 Å². The Morgan fingerprint density at radius 2 is 1.81 bits per heavy atom. The number of amides is 2. The number of aromatic nitrogens is 2. The molecule has 0 aliphatic heterocycles. The van der Waals surface area contributed by atoms with Crippen LogP contribution in [0.3, 0.4) is 0 Å². The number of benzene rings is 2. The fraction of sp³-hybridized carbons (Fsp3) is 0.125. The van der Waals surface area contributed by atoms with Gasteiger partial charge in [-0.2, -0.15) is 0 Å². The SMILES string of the molecule is Cc1nccn1Cc1ccc(C(=O)Nc2ccccc2C(=O)NCc2ccco2)cc1. The molecule has 0 radical (unpaired) electrons. The summed E-state index contributed by atoms with van der Waals surface area (Å²) in [6, 6.07) is 17.8. The van der Waals surface area contributed by atoms with Gasteiger partial charge < -0.3 is 19.6 Å². The lowest BCUT2D eigenvalue weighted by Crippen LogP contribution is -2.24. The lowest BCUT2D eigenvalue weighted by Gasteiger charge is -2.11. The third kappa shape index (κ3) is 4.90. The zero-order valence-electron chi connectivity index (χ0n) is 17.0. The van der Waals surface area contributed by atoms with E-state index in [0.29, 0.717) is 29.1 Å². The van der Waals surface area contributed by atoms with Gasteiger partial charge in [0.25, 0.3) is 11.8 Å². The zero-order chi connectivity index (χ0) is 21.6. The molecule has 4 rings (SSSR count). The highest BCUT2D eigenvalue weighted by atomic mass is 16.3. The Bertz CT molecular complexity index is 1180. The summed E-state index contributed by atoms with van der Waals surface area (Å²) < 4.78 is 7.27. The minimum absolute atomic E-state index is 0.270. The van der Waals surface area contributed by atoms with Gasteiger partial charge in [-0.1, -0.05) is 24.3 Å². The van der Waals surface area contributed by atoms with Crippen molar-refractivity contribution in [3.8, 4) is 0 Å². The number of para-hydroxylation sites is 1. The number of hydrogen-bond acceptors (Lipinski definition) is 4. The van der Waals surface area contributed by atoms with Gasteiger partial charge in [0.15, 0.2) is 0 Å². The van der Waals surface area contributed by atoms with Gasteiger partial charge in [-0.05, 0) is 48.9 Å². The first kappa shape index (κ1) is 20.2. The van der Waals surface area contributed by atoms with Crippen molar-refractivity contribution < 1.29 is 14.0 Å². The number of rotatable bonds is 7. The van der Waals surface area contributed by atoms with Crippen molar-refractivity contribution in [2.24, 2.45) is 0 Å². The number of anilines is 1. The molecule has 2 amide bonds. The van der Waals surface area contributed by atoms with E-state index < -0.39 is 0 Å². The molecule has 2 aromatic heterocycles. The summed E-state index contributed by atoms with van der Waals surface area (Å²) in [5.41, 5.74) is 2.41. The Hall–Kier alpha value is -4.13. The quantitative estimate of drug-likeness (QED) is 0.478. The summed E-state index contributed by atoms with van der Waals surface area (Å²) in [5, 5.41) is 5.63. The molecule has 0 fully saturated rings. The number of nitrogens with zero attached hydrogens (tertiary/aromatic N) is 2. The van der Waals surface area contributed by atoms with Gasteiger partial charge in [-0.3, -0.25) is 9.59 Å². The predicted molar refractivity (Wildman–Crippen MR) is 117 cm³/mol. The fourth-order valence-corrected chi connectivity index (χ4v) is 3.19. The van der Waals surface area contributed by atoms with Gasteiger partial charge in [-0.25, -0.2) is 4.98 Å². The summed E-state index contributed by atoms with van der Waals surface area (Å²) in [6.07, 6.45) is 5.24. The van der Waals surface area contributed by atoms with E-state index in [4.69, 9.17) is 4.42 Å². The number of carbonyl (C=O) groups excluding carboxylic acids is 2. The number of furan rings is 1. The second-order valence-corrected chi connectivity index (χ2v) is 7.06. The monoisotopic (exact) mass is 414 g/mol. The van der Waals surface area contributed by atoms with Crippen LogP contribution in [0.2, 0.25) is 0 Å². The van der Waals surface area contributed by atoms with Crippen molar-refractivity contribution in [1.82, 2.24) is 14.9 Å². The van der Waals surface area contributed by atoms with E-state index in [1.165, 1.54) is 0 Å². The van der Waals surface area contributed by atoms with Crippen molar-refractivity contribution in [3.63, 3.8) is 0 Å². The van der Waals surface area contributed by atoms with Crippen molar-refractivity contribution in [3.05, 3.63) is 108 Å². The second-order valence-electron chi connectivity index (χ2n) is 7.06. The van der Waals surface area contributed by atoms with Gasteiger partial charge in [0, 0.05) is 24.5 Å². The minimum atomic E-state index is -0.293. The topological polar surface area (TPSA) is 89.2 Å². The Morgan fingerprint density at radius 3 is 2.52 bits per heavy atom.